The maximum absolute atomic E-state index is 6.49. The minimum Gasteiger partial charge on any atom is -0.311 e. The Hall–Kier alpha value is -0.200. The summed E-state index contributed by atoms with van der Waals surface area (Å²) in [6.07, 6.45) is 20.1. The lowest BCUT2D eigenvalue weighted by molar-refractivity contribution is -0.290. The average molecular weight is 552 g/mol. The second-order valence-electron chi connectivity index (χ2n) is 15.4. The summed E-state index contributed by atoms with van der Waals surface area (Å²) in [5.74, 6) is 0. The zero-order valence-electron chi connectivity index (χ0n) is 28.1. The van der Waals surface area contributed by atoms with Crippen LogP contribution in [0.3, 0.4) is 0 Å². The van der Waals surface area contributed by atoms with Crippen molar-refractivity contribution in [3.8, 4) is 0 Å². The fraction of sp³-hybridized carbons (Fsp3) is 1.00. The third kappa shape index (κ3) is 11.2. The van der Waals surface area contributed by atoms with Crippen molar-refractivity contribution >= 4 is 0 Å². The van der Waals surface area contributed by atoms with Gasteiger partial charge in [0.1, 0.15) is 0 Å². The van der Waals surface area contributed by atoms with Crippen molar-refractivity contribution in [2.45, 2.75) is 206 Å². The third-order valence-electron chi connectivity index (χ3n) is 9.09. The van der Waals surface area contributed by atoms with Crippen LogP contribution in [0.15, 0.2) is 0 Å². The zero-order valence-corrected chi connectivity index (χ0v) is 28.1. The van der Waals surface area contributed by atoms with E-state index in [0.29, 0.717) is 12.1 Å². The zero-order chi connectivity index (χ0) is 29.2. The number of rotatable bonds is 18. The Morgan fingerprint density at radius 2 is 0.769 bits per heavy atom. The molecule has 5 heteroatoms. The summed E-state index contributed by atoms with van der Waals surface area (Å²) in [6, 6.07) is 0.993. The highest BCUT2D eigenvalue weighted by atomic mass is 16.7. The van der Waals surface area contributed by atoms with Crippen molar-refractivity contribution in [1.82, 2.24) is 15.4 Å². The monoisotopic (exact) mass is 552 g/mol. The van der Waals surface area contributed by atoms with Gasteiger partial charge in [-0.05, 0) is 93.9 Å². The summed E-state index contributed by atoms with van der Waals surface area (Å²) in [7, 11) is 0. The van der Waals surface area contributed by atoms with Crippen LogP contribution in [0.2, 0.25) is 0 Å². The first-order valence-electron chi connectivity index (χ1n) is 16.9. The molecule has 0 aromatic carbocycles. The van der Waals surface area contributed by atoms with E-state index in [1.54, 1.807) is 0 Å². The quantitative estimate of drug-likeness (QED) is 0.172. The SMILES string of the molecule is CCCCCCCCON1C(C)(C)CC(NC2CC(C)(C)N(OCCCCCCCC)C(C)(C)C2)CC1(C)C. The maximum Gasteiger partial charge on any atom is 0.0685 e. The second kappa shape index (κ2) is 15.9. The van der Waals surface area contributed by atoms with Crippen LogP contribution < -0.4 is 5.32 Å². The lowest BCUT2D eigenvalue weighted by atomic mass is 9.76. The molecule has 5 nitrogen and oxygen atoms in total. The van der Waals surface area contributed by atoms with Gasteiger partial charge >= 0.3 is 0 Å². The molecule has 2 aliphatic rings. The highest BCUT2D eigenvalue weighted by molar-refractivity contribution is 5.04. The van der Waals surface area contributed by atoms with E-state index >= 15 is 0 Å². The first kappa shape index (κ1) is 35.0. The standard InChI is InChI=1S/C34H69N3O2/c1-11-13-15-17-19-21-23-38-36-31(3,4)25-29(26-32(36,5)6)35-30-27-33(7,8)37(34(9,10)28-30)39-24-22-20-18-16-14-12-2/h29-30,35H,11-28H2,1-10H3. The van der Waals surface area contributed by atoms with Crippen LogP contribution in [0.4, 0.5) is 0 Å². The molecule has 0 spiro atoms. The molecule has 0 aliphatic carbocycles. The molecule has 2 aliphatic heterocycles. The molecule has 0 bridgehead atoms. The topological polar surface area (TPSA) is 37.0 Å². The first-order valence-corrected chi connectivity index (χ1v) is 16.9. The molecule has 0 atom stereocenters. The summed E-state index contributed by atoms with van der Waals surface area (Å²) >= 11 is 0. The molecule has 2 fully saturated rings. The van der Waals surface area contributed by atoms with Gasteiger partial charge in [-0.25, -0.2) is 0 Å². The number of nitrogens with one attached hydrogen (secondary N) is 1. The summed E-state index contributed by atoms with van der Waals surface area (Å²) in [5, 5.41) is 8.84. The Morgan fingerprint density at radius 1 is 0.487 bits per heavy atom. The third-order valence-corrected chi connectivity index (χ3v) is 9.09. The van der Waals surface area contributed by atoms with Gasteiger partial charge in [0, 0.05) is 34.2 Å². The smallest absolute Gasteiger partial charge is 0.0685 e. The van der Waals surface area contributed by atoms with Gasteiger partial charge < -0.3 is 5.32 Å². The van der Waals surface area contributed by atoms with E-state index in [-0.39, 0.29) is 22.2 Å². The molecule has 39 heavy (non-hydrogen) atoms. The molecule has 0 saturated carbocycles. The second-order valence-corrected chi connectivity index (χ2v) is 15.4. The van der Waals surface area contributed by atoms with Gasteiger partial charge in [-0.2, -0.15) is 10.1 Å². The average Bonchev–Trinajstić information content (AvgIpc) is 2.79. The molecule has 0 aromatic heterocycles. The van der Waals surface area contributed by atoms with E-state index in [4.69, 9.17) is 9.68 Å². The molecule has 2 heterocycles. The van der Waals surface area contributed by atoms with Gasteiger partial charge in [0.25, 0.3) is 0 Å². The van der Waals surface area contributed by atoms with Crippen LogP contribution >= 0.6 is 0 Å². The molecule has 0 radical (unpaired) electrons. The molecule has 0 amide bonds. The predicted molar refractivity (Wildman–Crippen MR) is 168 cm³/mol. The van der Waals surface area contributed by atoms with Crippen LogP contribution in [0, 0.1) is 0 Å². The Balaban J connectivity index is 1.87. The molecule has 1 N–H and O–H groups in total. The number of hydroxylamine groups is 4. The van der Waals surface area contributed by atoms with Crippen molar-refractivity contribution < 1.29 is 9.68 Å². The minimum atomic E-state index is 0.00754. The fourth-order valence-corrected chi connectivity index (χ4v) is 7.87. The maximum atomic E-state index is 6.49. The van der Waals surface area contributed by atoms with Crippen LogP contribution in [-0.4, -0.2) is 57.6 Å². The van der Waals surface area contributed by atoms with Crippen molar-refractivity contribution in [3.05, 3.63) is 0 Å². The van der Waals surface area contributed by atoms with Gasteiger partial charge in [0.15, 0.2) is 0 Å². The summed E-state index contributed by atoms with van der Waals surface area (Å²) in [6.45, 7) is 25.2. The summed E-state index contributed by atoms with van der Waals surface area (Å²) < 4.78 is 0. The number of hydrogen-bond acceptors (Lipinski definition) is 5. The largest absolute Gasteiger partial charge is 0.311 e. The molecular formula is C34H69N3O2. The normalized spacial score (nSPS) is 23.8. The first-order chi connectivity index (χ1) is 18.2. The van der Waals surface area contributed by atoms with Gasteiger partial charge in [-0.3, -0.25) is 9.68 Å². The molecule has 2 rings (SSSR count). The van der Waals surface area contributed by atoms with Crippen LogP contribution in [0.5, 0.6) is 0 Å². The molecule has 0 unspecified atom stereocenters. The van der Waals surface area contributed by atoms with Crippen LogP contribution in [-0.2, 0) is 9.68 Å². The van der Waals surface area contributed by atoms with Crippen molar-refractivity contribution in [1.29, 1.82) is 0 Å². The van der Waals surface area contributed by atoms with Crippen molar-refractivity contribution in [3.63, 3.8) is 0 Å². The predicted octanol–water partition coefficient (Wildman–Crippen LogP) is 9.20. The van der Waals surface area contributed by atoms with E-state index in [1.165, 1.54) is 64.2 Å². The fourth-order valence-electron chi connectivity index (χ4n) is 7.87. The number of nitrogens with zero attached hydrogens (tertiary/aromatic N) is 2. The van der Waals surface area contributed by atoms with E-state index in [2.05, 4.69) is 84.7 Å². The highest BCUT2D eigenvalue weighted by Gasteiger charge is 2.50. The Bertz CT molecular complexity index is 583. The number of hydrogen-bond donors (Lipinski definition) is 1. The lowest BCUT2D eigenvalue weighted by Gasteiger charge is -2.57. The van der Waals surface area contributed by atoms with Gasteiger partial charge in [-0.15, -0.1) is 0 Å². The molecule has 232 valence electrons. The van der Waals surface area contributed by atoms with E-state index < -0.39 is 0 Å². The van der Waals surface area contributed by atoms with Crippen molar-refractivity contribution in [2.75, 3.05) is 13.2 Å². The Kier molecular flexibility index (Phi) is 14.2. The molecule has 2 saturated heterocycles. The Morgan fingerprint density at radius 3 is 1.08 bits per heavy atom. The van der Waals surface area contributed by atoms with Gasteiger partial charge in [0.05, 0.1) is 13.2 Å². The van der Waals surface area contributed by atoms with E-state index in [1.807, 2.05) is 0 Å². The molecular weight excluding hydrogens is 482 g/mol. The Labute approximate surface area is 244 Å². The van der Waals surface area contributed by atoms with Crippen LogP contribution in [0.25, 0.3) is 0 Å². The van der Waals surface area contributed by atoms with Crippen LogP contribution in [0.1, 0.15) is 172 Å². The van der Waals surface area contributed by atoms with Gasteiger partial charge in [0.2, 0.25) is 0 Å². The van der Waals surface area contributed by atoms with Gasteiger partial charge in [-0.1, -0.05) is 78.1 Å². The summed E-state index contributed by atoms with van der Waals surface area (Å²) in [5.41, 5.74) is 0.0302. The highest BCUT2D eigenvalue weighted by Crippen LogP contribution is 2.42. The number of piperidine rings is 2. The lowest BCUT2D eigenvalue weighted by Crippen LogP contribution is -2.67. The van der Waals surface area contributed by atoms with E-state index in [0.717, 1.165) is 51.7 Å². The van der Waals surface area contributed by atoms with E-state index in [9.17, 15) is 0 Å². The van der Waals surface area contributed by atoms with Crippen molar-refractivity contribution in [2.24, 2.45) is 0 Å². The minimum absolute atomic E-state index is 0.00754. The summed E-state index contributed by atoms with van der Waals surface area (Å²) in [4.78, 5) is 13.0. The number of unbranched alkanes of at least 4 members (excludes halogenated alkanes) is 10. The molecule has 0 aromatic rings.